The zero-order valence-electron chi connectivity index (χ0n) is 7.47. The van der Waals surface area contributed by atoms with Gasteiger partial charge in [-0.15, -0.1) is 0 Å². The molecule has 0 aliphatic carbocycles. The van der Waals surface area contributed by atoms with Gasteiger partial charge >= 0.3 is 6.18 Å². The Kier molecular flexibility index (Phi) is 2.71. The Morgan fingerprint density at radius 1 is 1.36 bits per heavy atom. The molecule has 0 bridgehead atoms. The van der Waals surface area contributed by atoms with Crippen molar-refractivity contribution in [3.8, 4) is 5.75 Å². The molecule has 0 aromatic heterocycles. The van der Waals surface area contributed by atoms with Crippen molar-refractivity contribution in [1.29, 1.82) is 0 Å². The minimum Gasteiger partial charge on any atom is -0.508 e. The fourth-order valence-electron chi connectivity index (χ4n) is 1.09. The molecule has 3 N–H and O–H groups in total. The molecule has 1 atom stereocenters. The number of aryl methyl sites for hydroxylation is 1. The van der Waals surface area contributed by atoms with Crippen LogP contribution in [0.4, 0.5) is 13.2 Å². The number of nitrogens with two attached hydrogens (primary N) is 1. The van der Waals surface area contributed by atoms with Crippen LogP contribution in [0.25, 0.3) is 0 Å². The van der Waals surface area contributed by atoms with Crippen molar-refractivity contribution in [3.05, 3.63) is 29.3 Å². The molecule has 1 aromatic rings. The molecule has 0 aliphatic rings. The number of rotatable bonds is 1. The molecule has 0 amide bonds. The zero-order chi connectivity index (χ0) is 10.9. The highest BCUT2D eigenvalue weighted by Crippen LogP contribution is 2.34. The smallest absolute Gasteiger partial charge is 0.407 e. The van der Waals surface area contributed by atoms with E-state index >= 15 is 0 Å². The molecule has 78 valence electrons. The number of halogens is 3. The van der Waals surface area contributed by atoms with Gasteiger partial charge in [0.2, 0.25) is 0 Å². The summed E-state index contributed by atoms with van der Waals surface area (Å²) in [5.74, 6) is -0.421. The fourth-order valence-corrected chi connectivity index (χ4v) is 1.09. The number of hydrogen-bond acceptors (Lipinski definition) is 2. The van der Waals surface area contributed by atoms with E-state index in [0.29, 0.717) is 5.56 Å². The van der Waals surface area contributed by atoms with Gasteiger partial charge < -0.3 is 10.8 Å². The SMILES string of the molecule is Cc1ccc(C(N)C(F)(F)F)c(O)c1. The molecule has 0 radical (unpaired) electrons. The van der Waals surface area contributed by atoms with E-state index < -0.39 is 18.0 Å². The van der Waals surface area contributed by atoms with Gasteiger partial charge in [-0.05, 0) is 18.6 Å². The summed E-state index contributed by atoms with van der Waals surface area (Å²) in [5, 5.41) is 9.25. The summed E-state index contributed by atoms with van der Waals surface area (Å²) in [5.41, 5.74) is 5.32. The van der Waals surface area contributed by atoms with E-state index in [9.17, 15) is 18.3 Å². The summed E-state index contributed by atoms with van der Waals surface area (Å²) in [6, 6.07) is 1.77. The van der Waals surface area contributed by atoms with Gasteiger partial charge in [-0.2, -0.15) is 13.2 Å². The number of hydrogen-bond donors (Lipinski definition) is 2. The van der Waals surface area contributed by atoms with Crippen LogP contribution in [0.1, 0.15) is 17.2 Å². The molecule has 14 heavy (non-hydrogen) atoms. The summed E-state index contributed by atoms with van der Waals surface area (Å²) < 4.78 is 36.5. The lowest BCUT2D eigenvalue weighted by Gasteiger charge is -2.17. The van der Waals surface area contributed by atoms with Gasteiger partial charge in [0.25, 0.3) is 0 Å². The van der Waals surface area contributed by atoms with Crippen LogP contribution in [0.15, 0.2) is 18.2 Å². The van der Waals surface area contributed by atoms with Crippen molar-refractivity contribution >= 4 is 0 Å². The van der Waals surface area contributed by atoms with Gasteiger partial charge in [-0.1, -0.05) is 12.1 Å². The van der Waals surface area contributed by atoms with Gasteiger partial charge in [0, 0.05) is 5.56 Å². The second-order valence-corrected chi connectivity index (χ2v) is 3.08. The number of benzene rings is 1. The van der Waals surface area contributed by atoms with Crippen molar-refractivity contribution in [3.63, 3.8) is 0 Å². The van der Waals surface area contributed by atoms with Crippen molar-refractivity contribution in [2.45, 2.75) is 19.1 Å². The summed E-state index contributed by atoms with van der Waals surface area (Å²) in [6.07, 6.45) is -4.53. The highest BCUT2D eigenvalue weighted by molar-refractivity contribution is 5.38. The van der Waals surface area contributed by atoms with Crippen molar-refractivity contribution in [2.75, 3.05) is 0 Å². The minimum absolute atomic E-state index is 0.303. The molecular weight excluding hydrogens is 195 g/mol. The van der Waals surface area contributed by atoms with Gasteiger partial charge in [-0.3, -0.25) is 0 Å². The fraction of sp³-hybridized carbons (Fsp3) is 0.333. The van der Waals surface area contributed by atoms with Crippen LogP contribution in [0, 0.1) is 6.92 Å². The van der Waals surface area contributed by atoms with Crippen molar-refractivity contribution in [1.82, 2.24) is 0 Å². The third-order valence-electron chi connectivity index (χ3n) is 1.87. The lowest BCUT2D eigenvalue weighted by molar-refractivity contribution is -0.149. The quantitative estimate of drug-likeness (QED) is 0.738. The molecule has 0 spiro atoms. The van der Waals surface area contributed by atoms with Gasteiger partial charge in [0.05, 0.1) is 0 Å². The summed E-state index contributed by atoms with van der Waals surface area (Å²) in [6.45, 7) is 1.67. The molecule has 1 aromatic carbocycles. The third kappa shape index (κ3) is 2.17. The molecule has 0 saturated heterocycles. The van der Waals surface area contributed by atoms with E-state index in [-0.39, 0.29) is 5.56 Å². The number of aromatic hydroxyl groups is 1. The Morgan fingerprint density at radius 3 is 2.36 bits per heavy atom. The van der Waals surface area contributed by atoms with Gasteiger partial charge in [-0.25, -0.2) is 0 Å². The molecule has 5 heteroatoms. The second-order valence-electron chi connectivity index (χ2n) is 3.08. The Bertz CT molecular complexity index is 335. The predicted octanol–water partition coefficient (Wildman–Crippen LogP) is 2.26. The average molecular weight is 205 g/mol. The summed E-state index contributed by atoms with van der Waals surface area (Å²) >= 11 is 0. The first-order chi connectivity index (χ1) is 6.32. The van der Waals surface area contributed by atoms with Crippen LogP contribution in [0.2, 0.25) is 0 Å². The minimum atomic E-state index is -4.53. The lowest BCUT2D eigenvalue weighted by atomic mass is 10.0. The monoisotopic (exact) mass is 205 g/mol. The highest BCUT2D eigenvalue weighted by Gasteiger charge is 2.39. The highest BCUT2D eigenvalue weighted by atomic mass is 19.4. The van der Waals surface area contributed by atoms with Crippen LogP contribution < -0.4 is 5.73 Å². The Balaban J connectivity index is 3.08. The number of alkyl halides is 3. The summed E-state index contributed by atoms with van der Waals surface area (Å²) in [7, 11) is 0. The van der Waals surface area contributed by atoms with Crippen molar-refractivity contribution in [2.24, 2.45) is 5.73 Å². The van der Waals surface area contributed by atoms with Crippen LogP contribution >= 0.6 is 0 Å². The molecule has 0 fully saturated rings. The Hall–Kier alpha value is -1.23. The molecule has 2 nitrogen and oxygen atoms in total. The van der Waals surface area contributed by atoms with E-state index in [4.69, 9.17) is 5.73 Å². The lowest BCUT2D eigenvalue weighted by Crippen LogP contribution is -2.28. The molecule has 0 saturated carbocycles. The van der Waals surface area contributed by atoms with E-state index in [1.54, 1.807) is 6.92 Å². The molecular formula is C9H10F3NO. The van der Waals surface area contributed by atoms with Crippen molar-refractivity contribution < 1.29 is 18.3 Å². The van der Waals surface area contributed by atoms with Crippen LogP contribution in [-0.2, 0) is 0 Å². The summed E-state index contributed by atoms with van der Waals surface area (Å²) in [4.78, 5) is 0. The number of phenolic OH excluding ortho intramolecular Hbond substituents is 1. The zero-order valence-corrected chi connectivity index (χ0v) is 7.47. The standard InChI is InChI=1S/C9H10F3NO/c1-5-2-3-6(7(14)4-5)8(13)9(10,11)12/h2-4,8,14H,13H2,1H3. The van der Waals surface area contributed by atoms with Gasteiger partial charge in [0.15, 0.2) is 0 Å². The van der Waals surface area contributed by atoms with Gasteiger partial charge in [0.1, 0.15) is 11.8 Å². The molecule has 0 aliphatic heterocycles. The largest absolute Gasteiger partial charge is 0.508 e. The van der Waals surface area contributed by atoms with Crippen LogP contribution in [0.3, 0.4) is 0 Å². The van der Waals surface area contributed by atoms with E-state index in [1.165, 1.54) is 18.2 Å². The van der Waals surface area contributed by atoms with Crippen LogP contribution in [-0.4, -0.2) is 11.3 Å². The first-order valence-corrected chi connectivity index (χ1v) is 3.94. The van der Waals surface area contributed by atoms with E-state index in [1.807, 2.05) is 0 Å². The maximum absolute atomic E-state index is 12.2. The molecule has 1 rings (SSSR count). The second kappa shape index (κ2) is 3.49. The third-order valence-corrected chi connectivity index (χ3v) is 1.87. The Labute approximate surface area is 79.2 Å². The average Bonchev–Trinajstić information content (AvgIpc) is 2.01. The topological polar surface area (TPSA) is 46.2 Å². The maximum Gasteiger partial charge on any atom is 0.407 e. The van der Waals surface area contributed by atoms with E-state index in [2.05, 4.69) is 0 Å². The first-order valence-electron chi connectivity index (χ1n) is 3.94. The normalized spacial score (nSPS) is 14.1. The van der Waals surface area contributed by atoms with E-state index in [0.717, 1.165) is 0 Å². The molecule has 0 heterocycles. The number of phenols is 1. The predicted molar refractivity (Wildman–Crippen MR) is 45.8 cm³/mol. The van der Waals surface area contributed by atoms with Crippen LogP contribution in [0.5, 0.6) is 5.75 Å². The molecule has 1 unspecified atom stereocenters. The Morgan fingerprint density at radius 2 is 1.93 bits per heavy atom. The first kappa shape index (κ1) is 10.8. The maximum atomic E-state index is 12.2.